The van der Waals surface area contributed by atoms with Crippen LogP contribution in [-0.2, 0) is 0 Å². The van der Waals surface area contributed by atoms with Crippen LogP contribution in [0.2, 0.25) is 0 Å². The molecule has 104 valence electrons. The van der Waals surface area contributed by atoms with Crippen LogP contribution in [0.4, 0.5) is 0 Å². The van der Waals surface area contributed by atoms with Gasteiger partial charge in [0.05, 0.1) is 0 Å². The summed E-state index contributed by atoms with van der Waals surface area (Å²) >= 11 is 0. The van der Waals surface area contributed by atoms with E-state index in [1.165, 1.54) is 50.6 Å². The molecule has 3 unspecified atom stereocenters. The summed E-state index contributed by atoms with van der Waals surface area (Å²) in [5.41, 5.74) is 1.49. The first-order valence-electron chi connectivity index (χ1n) is 8.13. The highest BCUT2D eigenvalue weighted by Gasteiger charge is 2.32. The Kier molecular flexibility index (Phi) is 4.22. The Morgan fingerprint density at radius 1 is 1.05 bits per heavy atom. The molecule has 0 spiro atoms. The summed E-state index contributed by atoms with van der Waals surface area (Å²) in [7, 11) is 0. The number of benzene rings is 1. The van der Waals surface area contributed by atoms with Gasteiger partial charge in [0.25, 0.3) is 0 Å². The zero-order valence-corrected chi connectivity index (χ0v) is 12.1. The molecule has 0 aromatic heterocycles. The Hall–Kier alpha value is -0.820. The molecule has 1 heteroatoms. The minimum absolute atomic E-state index is 0.607. The van der Waals surface area contributed by atoms with Crippen LogP contribution < -0.4 is 5.32 Å². The minimum Gasteiger partial charge on any atom is -0.309 e. The zero-order valence-electron chi connectivity index (χ0n) is 12.1. The Balaban J connectivity index is 1.59. The molecule has 0 aliphatic heterocycles. The van der Waals surface area contributed by atoms with Crippen LogP contribution >= 0.6 is 0 Å². The molecule has 1 aromatic carbocycles. The van der Waals surface area contributed by atoms with Gasteiger partial charge in [-0.2, -0.15) is 0 Å². The summed E-state index contributed by atoms with van der Waals surface area (Å²) in [6.07, 6.45) is 8.57. The largest absolute Gasteiger partial charge is 0.309 e. The summed E-state index contributed by atoms with van der Waals surface area (Å²) < 4.78 is 0. The van der Waals surface area contributed by atoms with Gasteiger partial charge in [-0.05, 0) is 49.1 Å². The second-order valence-electron chi connectivity index (χ2n) is 6.66. The van der Waals surface area contributed by atoms with E-state index in [0.29, 0.717) is 6.04 Å². The Labute approximate surface area is 117 Å². The number of nitrogens with one attached hydrogen (secondary N) is 1. The zero-order chi connectivity index (χ0) is 13.1. The molecule has 1 nitrogen and oxygen atoms in total. The van der Waals surface area contributed by atoms with E-state index in [1.54, 1.807) is 0 Å². The van der Waals surface area contributed by atoms with Crippen LogP contribution in [0.15, 0.2) is 30.3 Å². The van der Waals surface area contributed by atoms with E-state index in [4.69, 9.17) is 0 Å². The molecule has 1 N–H and O–H groups in total. The fourth-order valence-electron chi connectivity index (χ4n) is 3.62. The maximum Gasteiger partial charge on any atom is 0.0348 e. The molecule has 2 saturated carbocycles. The fourth-order valence-corrected chi connectivity index (χ4v) is 3.62. The quantitative estimate of drug-likeness (QED) is 0.815. The number of hydrogen-bond donors (Lipinski definition) is 1. The molecule has 2 aliphatic rings. The van der Waals surface area contributed by atoms with Gasteiger partial charge >= 0.3 is 0 Å². The predicted octanol–water partition coefficient (Wildman–Crippen LogP) is 4.55. The van der Waals surface area contributed by atoms with Gasteiger partial charge in [0.15, 0.2) is 0 Å². The fraction of sp³-hybridized carbons (Fsp3) is 0.667. The molecule has 0 amide bonds. The van der Waals surface area contributed by atoms with Crippen molar-refractivity contribution in [3.8, 4) is 0 Å². The van der Waals surface area contributed by atoms with Crippen molar-refractivity contribution < 1.29 is 0 Å². The van der Waals surface area contributed by atoms with E-state index in [1.807, 2.05) is 0 Å². The van der Waals surface area contributed by atoms with E-state index in [-0.39, 0.29) is 0 Å². The monoisotopic (exact) mass is 257 g/mol. The summed E-state index contributed by atoms with van der Waals surface area (Å²) in [5, 5.41) is 3.90. The van der Waals surface area contributed by atoms with Crippen molar-refractivity contribution in [2.45, 2.75) is 51.5 Å². The molecule has 3 rings (SSSR count). The lowest BCUT2D eigenvalue weighted by Crippen LogP contribution is -2.32. The first kappa shape index (κ1) is 13.2. The third-order valence-corrected chi connectivity index (χ3v) is 5.14. The van der Waals surface area contributed by atoms with Gasteiger partial charge in [-0.1, -0.05) is 56.5 Å². The van der Waals surface area contributed by atoms with Crippen molar-refractivity contribution >= 4 is 0 Å². The van der Waals surface area contributed by atoms with Crippen LogP contribution in [-0.4, -0.2) is 6.54 Å². The third kappa shape index (κ3) is 3.39. The first-order valence-corrected chi connectivity index (χ1v) is 8.13. The lowest BCUT2D eigenvalue weighted by Gasteiger charge is -2.31. The average Bonchev–Trinajstić information content (AvgIpc) is 3.27. The van der Waals surface area contributed by atoms with Gasteiger partial charge in [-0.15, -0.1) is 0 Å². The second-order valence-corrected chi connectivity index (χ2v) is 6.66. The van der Waals surface area contributed by atoms with E-state index in [2.05, 4.69) is 42.6 Å². The molecule has 0 heterocycles. The van der Waals surface area contributed by atoms with E-state index >= 15 is 0 Å². The first-order chi connectivity index (χ1) is 9.34. The van der Waals surface area contributed by atoms with Crippen LogP contribution in [0.3, 0.4) is 0 Å². The van der Waals surface area contributed by atoms with Crippen LogP contribution in [0.1, 0.15) is 57.1 Å². The van der Waals surface area contributed by atoms with E-state index in [9.17, 15) is 0 Å². The maximum atomic E-state index is 3.90. The average molecular weight is 257 g/mol. The van der Waals surface area contributed by atoms with Gasteiger partial charge in [0.2, 0.25) is 0 Å². The summed E-state index contributed by atoms with van der Waals surface area (Å²) in [6, 6.07) is 11.7. The predicted molar refractivity (Wildman–Crippen MR) is 81.0 cm³/mol. The topological polar surface area (TPSA) is 12.0 Å². The van der Waals surface area contributed by atoms with E-state index in [0.717, 1.165) is 17.8 Å². The van der Waals surface area contributed by atoms with Crippen molar-refractivity contribution in [2.75, 3.05) is 6.54 Å². The highest BCUT2D eigenvalue weighted by atomic mass is 14.9. The Bertz CT molecular complexity index is 382. The summed E-state index contributed by atoms with van der Waals surface area (Å²) in [6.45, 7) is 3.66. The molecule has 0 bridgehead atoms. The standard InChI is InChI=1S/C18H27N/c1-14-7-5-6-10-17(14)13-19-18(16-11-12-16)15-8-3-2-4-9-15/h2-4,8-9,14,16-19H,5-7,10-13H2,1H3. The highest BCUT2D eigenvalue weighted by molar-refractivity contribution is 5.21. The van der Waals surface area contributed by atoms with E-state index < -0.39 is 0 Å². The molecule has 1 aromatic rings. The summed E-state index contributed by atoms with van der Waals surface area (Å²) in [5.74, 6) is 2.71. The van der Waals surface area contributed by atoms with Gasteiger partial charge in [0.1, 0.15) is 0 Å². The lowest BCUT2D eigenvalue weighted by atomic mass is 9.80. The number of hydrogen-bond acceptors (Lipinski definition) is 1. The molecule has 2 aliphatic carbocycles. The number of rotatable bonds is 5. The minimum atomic E-state index is 0.607. The van der Waals surface area contributed by atoms with Crippen LogP contribution in [0.5, 0.6) is 0 Å². The molecular formula is C18H27N. The lowest BCUT2D eigenvalue weighted by molar-refractivity contribution is 0.237. The molecule has 0 saturated heterocycles. The van der Waals surface area contributed by atoms with Crippen molar-refractivity contribution in [3.63, 3.8) is 0 Å². The third-order valence-electron chi connectivity index (χ3n) is 5.14. The Morgan fingerprint density at radius 2 is 1.79 bits per heavy atom. The SMILES string of the molecule is CC1CCCCC1CNC(c1ccccc1)C1CC1. The molecule has 3 atom stereocenters. The van der Waals surface area contributed by atoms with Crippen molar-refractivity contribution in [2.24, 2.45) is 17.8 Å². The molecule has 0 radical (unpaired) electrons. The van der Waals surface area contributed by atoms with Crippen molar-refractivity contribution in [1.82, 2.24) is 5.32 Å². The van der Waals surface area contributed by atoms with Gasteiger partial charge in [0, 0.05) is 6.04 Å². The van der Waals surface area contributed by atoms with Gasteiger partial charge < -0.3 is 5.32 Å². The molecular weight excluding hydrogens is 230 g/mol. The molecule has 2 fully saturated rings. The van der Waals surface area contributed by atoms with Gasteiger partial charge in [-0.25, -0.2) is 0 Å². The van der Waals surface area contributed by atoms with Crippen molar-refractivity contribution in [1.29, 1.82) is 0 Å². The maximum absolute atomic E-state index is 3.90. The van der Waals surface area contributed by atoms with Crippen molar-refractivity contribution in [3.05, 3.63) is 35.9 Å². The van der Waals surface area contributed by atoms with Gasteiger partial charge in [-0.3, -0.25) is 0 Å². The van der Waals surface area contributed by atoms with Crippen LogP contribution in [0, 0.1) is 17.8 Å². The smallest absolute Gasteiger partial charge is 0.0348 e. The normalized spacial score (nSPS) is 29.1. The Morgan fingerprint density at radius 3 is 2.47 bits per heavy atom. The molecule has 19 heavy (non-hydrogen) atoms. The highest BCUT2D eigenvalue weighted by Crippen LogP contribution is 2.41. The second kappa shape index (κ2) is 6.09. The summed E-state index contributed by atoms with van der Waals surface area (Å²) in [4.78, 5) is 0. The van der Waals surface area contributed by atoms with Crippen LogP contribution in [0.25, 0.3) is 0 Å².